The lowest BCUT2D eigenvalue weighted by Crippen LogP contribution is -2.22. The Kier molecular flexibility index (Phi) is 6.71. The Morgan fingerprint density at radius 2 is 1.79 bits per heavy atom. The van der Waals surface area contributed by atoms with Crippen molar-refractivity contribution in [1.29, 1.82) is 0 Å². The van der Waals surface area contributed by atoms with Gasteiger partial charge in [-0.2, -0.15) is 5.10 Å². The quantitative estimate of drug-likeness (QED) is 0.509. The summed E-state index contributed by atoms with van der Waals surface area (Å²) in [6.45, 7) is 7.95. The number of aryl methyl sites for hydroxylation is 2. The SMILES string of the molecule is CCOc1ccc(CN(C)Cn2nc(C)n(-c3ccc(C)cc3)c2=S)cc1OC. The molecule has 154 valence electrons. The van der Waals surface area contributed by atoms with Gasteiger partial charge in [0.15, 0.2) is 11.5 Å². The molecule has 3 rings (SSSR count). The molecule has 0 spiro atoms. The van der Waals surface area contributed by atoms with Gasteiger partial charge in [0.1, 0.15) is 5.82 Å². The number of nitrogens with zero attached hydrogens (tertiary/aromatic N) is 4. The fourth-order valence-corrected chi connectivity index (χ4v) is 3.61. The molecule has 0 N–H and O–H groups in total. The molecule has 3 aromatic rings. The van der Waals surface area contributed by atoms with E-state index in [1.807, 2.05) is 42.3 Å². The van der Waals surface area contributed by atoms with E-state index in [2.05, 4.69) is 47.3 Å². The highest BCUT2D eigenvalue weighted by molar-refractivity contribution is 7.71. The van der Waals surface area contributed by atoms with Crippen molar-refractivity contribution in [2.24, 2.45) is 0 Å². The zero-order valence-corrected chi connectivity index (χ0v) is 18.5. The van der Waals surface area contributed by atoms with Crippen LogP contribution in [0, 0.1) is 18.6 Å². The first-order valence-corrected chi connectivity index (χ1v) is 10.1. The zero-order valence-electron chi connectivity index (χ0n) is 17.7. The standard InChI is InChI=1S/C22H28N4O2S/c1-6-28-20-12-9-18(13-21(20)27-5)14-24(4)15-25-22(29)26(17(3)23-25)19-10-7-16(2)8-11-19/h7-13H,6,14-15H2,1-5H3. The average Bonchev–Trinajstić information content (AvgIpc) is 2.97. The molecule has 0 fully saturated rings. The van der Waals surface area contributed by atoms with Crippen molar-refractivity contribution < 1.29 is 9.47 Å². The Bertz CT molecular complexity index is 1020. The van der Waals surface area contributed by atoms with Crippen LogP contribution >= 0.6 is 12.2 Å². The van der Waals surface area contributed by atoms with Crippen molar-refractivity contribution >= 4 is 12.2 Å². The first-order chi connectivity index (χ1) is 13.9. The first-order valence-electron chi connectivity index (χ1n) is 9.64. The van der Waals surface area contributed by atoms with E-state index in [-0.39, 0.29) is 0 Å². The topological polar surface area (TPSA) is 44.5 Å². The minimum absolute atomic E-state index is 0.591. The molecule has 0 aliphatic carbocycles. The summed E-state index contributed by atoms with van der Waals surface area (Å²) in [4.78, 5) is 2.16. The molecule has 1 heterocycles. The van der Waals surface area contributed by atoms with Gasteiger partial charge in [-0.15, -0.1) is 0 Å². The summed E-state index contributed by atoms with van der Waals surface area (Å²) in [5.74, 6) is 2.37. The predicted octanol–water partition coefficient (Wildman–Crippen LogP) is 4.52. The van der Waals surface area contributed by atoms with Gasteiger partial charge in [0.05, 0.1) is 20.4 Å². The van der Waals surface area contributed by atoms with E-state index in [9.17, 15) is 0 Å². The van der Waals surface area contributed by atoms with Crippen LogP contribution in [0.25, 0.3) is 5.69 Å². The van der Waals surface area contributed by atoms with Crippen LogP contribution in [0.15, 0.2) is 42.5 Å². The summed E-state index contributed by atoms with van der Waals surface area (Å²) in [5, 5.41) is 4.65. The Hall–Kier alpha value is -2.64. The molecule has 7 heteroatoms. The fourth-order valence-electron chi connectivity index (χ4n) is 3.27. The van der Waals surface area contributed by atoms with Gasteiger partial charge >= 0.3 is 0 Å². The van der Waals surface area contributed by atoms with E-state index in [0.717, 1.165) is 35.1 Å². The summed E-state index contributed by atoms with van der Waals surface area (Å²) < 4.78 is 15.6. The molecule has 0 unspecified atom stereocenters. The van der Waals surface area contributed by atoms with Crippen LogP contribution in [-0.4, -0.2) is 40.0 Å². The predicted molar refractivity (Wildman–Crippen MR) is 117 cm³/mol. The Labute approximate surface area is 177 Å². The third-order valence-corrected chi connectivity index (χ3v) is 5.04. The number of hydrogen-bond acceptors (Lipinski definition) is 5. The molecule has 29 heavy (non-hydrogen) atoms. The van der Waals surface area contributed by atoms with Crippen molar-refractivity contribution in [3.05, 3.63) is 64.2 Å². The highest BCUT2D eigenvalue weighted by Crippen LogP contribution is 2.28. The smallest absolute Gasteiger partial charge is 0.203 e. The molecule has 1 aromatic heterocycles. The van der Waals surface area contributed by atoms with E-state index in [0.29, 0.717) is 18.0 Å². The molecule has 6 nitrogen and oxygen atoms in total. The third kappa shape index (κ3) is 4.86. The second-order valence-electron chi connectivity index (χ2n) is 7.07. The van der Waals surface area contributed by atoms with Gasteiger partial charge in [-0.3, -0.25) is 9.47 Å². The monoisotopic (exact) mass is 412 g/mol. The average molecular weight is 413 g/mol. The van der Waals surface area contributed by atoms with Crippen LogP contribution in [0.3, 0.4) is 0 Å². The molecule has 2 aromatic carbocycles. The number of ether oxygens (including phenoxy) is 2. The zero-order chi connectivity index (χ0) is 21.0. The van der Waals surface area contributed by atoms with E-state index in [4.69, 9.17) is 21.7 Å². The summed E-state index contributed by atoms with van der Waals surface area (Å²) in [6, 6.07) is 14.3. The summed E-state index contributed by atoms with van der Waals surface area (Å²) in [5.41, 5.74) is 3.38. The Balaban J connectivity index is 1.76. The van der Waals surface area contributed by atoms with Crippen molar-refractivity contribution in [2.75, 3.05) is 20.8 Å². The van der Waals surface area contributed by atoms with Gasteiger partial charge in [-0.05, 0) is 69.9 Å². The normalized spacial score (nSPS) is 11.1. The van der Waals surface area contributed by atoms with Crippen molar-refractivity contribution in [3.63, 3.8) is 0 Å². The highest BCUT2D eigenvalue weighted by atomic mass is 32.1. The van der Waals surface area contributed by atoms with Gasteiger partial charge in [0, 0.05) is 12.2 Å². The minimum Gasteiger partial charge on any atom is -0.493 e. The molecule has 0 saturated heterocycles. The van der Waals surface area contributed by atoms with Gasteiger partial charge in [-0.1, -0.05) is 23.8 Å². The number of benzene rings is 2. The maximum atomic E-state index is 5.70. The van der Waals surface area contributed by atoms with E-state index in [1.54, 1.807) is 7.11 Å². The van der Waals surface area contributed by atoms with Gasteiger partial charge < -0.3 is 9.47 Å². The molecule has 0 aliphatic heterocycles. The van der Waals surface area contributed by atoms with Crippen LogP contribution in [-0.2, 0) is 13.2 Å². The maximum Gasteiger partial charge on any atom is 0.203 e. The number of rotatable bonds is 8. The number of hydrogen-bond donors (Lipinski definition) is 0. The van der Waals surface area contributed by atoms with Crippen LogP contribution in [0.2, 0.25) is 0 Å². The lowest BCUT2D eigenvalue weighted by molar-refractivity contribution is 0.243. The first kappa shape index (κ1) is 21.1. The van der Waals surface area contributed by atoms with E-state index < -0.39 is 0 Å². The molecule has 0 radical (unpaired) electrons. The van der Waals surface area contributed by atoms with Crippen LogP contribution in [0.5, 0.6) is 11.5 Å². The minimum atomic E-state index is 0.591. The molecule has 0 amide bonds. The molecule has 0 aliphatic rings. The van der Waals surface area contributed by atoms with Crippen LogP contribution in [0.1, 0.15) is 23.9 Å². The van der Waals surface area contributed by atoms with Crippen LogP contribution < -0.4 is 9.47 Å². The Morgan fingerprint density at radius 1 is 1.07 bits per heavy atom. The lowest BCUT2D eigenvalue weighted by atomic mass is 10.2. The van der Waals surface area contributed by atoms with Gasteiger partial charge in [-0.25, -0.2) is 4.68 Å². The summed E-state index contributed by atoms with van der Waals surface area (Å²) in [7, 11) is 3.70. The van der Waals surface area contributed by atoms with Crippen molar-refractivity contribution in [1.82, 2.24) is 19.2 Å². The Morgan fingerprint density at radius 3 is 2.45 bits per heavy atom. The lowest BCUT2D eigenvalue weighted by Gasteiger charge is -2.18. The van der Waals surface area contributed by atoms with Gasteiger partial charge in [0.2, 0.25) is 4.77 Å². The third-order valence-electron chi connectivity index (χ3n) is 4.65. The largest absolute Gasteiger partial charge is 0.493 e. The second kappa shape index (κ2) is 9.24. The van der Waals surface area contributed by atoms with E-state index >= 15 is 0 Å². The van der Waals surface area contributed by atoms with Crippen LogP contribution in [0.4, 0.5) is 0 Å². The molecule has 0 bridgehead atoms. The summed E-state index contributed by atoms with van der Waals surface area (Å²) >= 11 is 5.70. The molecular weight excluding hydrogens is 384 g/mol. The molecule has 0 saturated carbocycles. The highest BCUT2D eigenvalue weighted by Gasteiger charge is 2.12. The molecule has 0 atom stereocenters. The van der Waals surface area contributed by atoms with Gasteiger partial charge in [0.25, 0.3) is 0 Å². The number of methoxy groups -OCH3 is 1. The number of aromatic nitrogens is 3. The van der Waals surface area contributed by atoms with Crippen molar-refractivity contribution in [3.8, 4) is 17.2 Å². The van der Waals surface area contributed by atoms with Crippen molar-refractivity contribution in [2.45, 2.75) is 34.0 Å². The molecular formula is C22H28N4O2S. The summed E-state index contributed by atoms with van der Waals surface area (Å²) in [6.07, 6.45) is 0. The fraction of sp³-hybridized carbons (Fsp3) is 0.364. The van der Waals surface area contributed by atoms with E-state index in [1.165, 1.54) is 5.56 Å². The maximum absolute atomic E-state index is 5.70. The second-order valence-corrected chi connectivity index (χ2v) is 7.44.